The van der Waals surface area contributed by atoms with Crippen molar-refractivity contribution in [1.29, 1.82) is 0 Å². The summed E-state index contributed by atoms with van der Waals surface area (Å²) in [4.78, 5) is 0. The molecule has 4 heteroatoms. The minimum Gasteiger partial charge on any atom is -0.319 e. The van der Waals surface area contributed by atoms with E-state index in [4.69, 9.17) is 5.73 Å². The highest BCUT2D eigenvalue weighted by molar-refractivity contribution is 5.03. The van der Waals surface area contributed by atoms with Crippen molar-refractivity contribution in [2.75, 3.05) is 0 Å². The fourth-order valence-electron chi connectivity index (χ4n) is 1.66. The Bertz CT molecular complexity index is 288. The van der Waals surface area contributed by atoms with Crippen molar-refractivity contribution >= 4 is 0 Å². The third-order valence-electron chi connectivity index (χ3n) is 2.41. The molecule has 1 heterocycles. The topological polar surface area (TPSA) is 56.7 Å². The molecular weight excluding hydrogens is 176 g/mol. The number of nitrogens with zero attached hydrogens (tertiary/aromatic N) is 3. The molecule has 4 nitrogen and oxygen atoms in total. The van der Waals surface area contributed by atoms with Gasteiger partial charge in [0, 0.05) is 6.04 Å². The van der Waals surface area contributed by atoms with Crippen LogP contribution in [0.4, 0.5) is 0 Å². The van der Waals surface area contributed by atoms with Crippen molar-refractivity contribution in [2.24, 2.45) is 5.73 Å². The molecule has 0 amide bonds. The van der Waals surface area contributed by atoms with Gasteiger partial charge in [-0.1, -0.05) is 13.3 Å². The highest BCUT2D eigenvalue weighted by atomic mass is 15.3. The minimum absolute atomic E-state index is 0.361. The molecule has 1 rings (SSSR count). The lowest BCUT2D eigenvalue weighted by Gasteiger charge is -2.24. The third kappa shape index (κ3) is 2.12. The zero-order valence-corrected chi connectivity index (χ0v) is 9.49. The van der Waals surface area contributed by atoms with E-state index >= 15 is 0 Å². The second-order valence-electron chi connectivity index (χ2n) is 4.32. The number of rotatable bonds is 4. The molecule has 0 saturated carbocycles. The Hall–Kier alpha value is -0.900. The fourth-order valence-corrected chi connectivity index (χ4v) is 1.66. The maximum absolute atomic E-state index is 6.21. The quantitative estimate of drug-likeness (QED) is 0.799. The Morgan fingerprint density at radius 1 is 1.57 bits per heavy atom. The Kier molecular flexibility index (Phi) is 3.26. The van der Waals surface area contributed by atoms with Gasteiger partial charge in [-0.25, -0.2) is 0 Å². The molecule has 1 unspecified atom stereocenters. The van der Waals surface area contributed by atoms with Crippen LogP contribution in [-0.2, 0) is 5.54 Å². The zero-order valence-electron chi connectivity index (χ0n) is 9.49. The summed E-state index contributed by atoms with van der Waals surface area (Å²) in [5.41, 5.74) is 5.84. The number of aromatic nitrogens is 3. The third-order valence-corrected chi connectivity index (χ3v) is 2.41. The van der Waals surface area contributed by atoms with E-state index < -0.39 is 0 Å². The summed E-state index contributed by atoms with van der Waals surface area (Å²) in [7, 11) is 0. The lowest BCUT2D eigenvalue weighted by atomic mass is 9.96. The molecule has 0 aliphatic heterocycles. The largest absolute Gasteiger partial charge is 0.319 e. The first-order valence-corrected chi connectivity index (χ1v) is 5.18. The molecule has 0 radical (unpaired) electrons. The van der Waals surface area contributed by atoms with Crippen LogP contribution in [0.2, 0.25) is 0 Å². The summed E-state index contributed by atoms with van der Waals surface area (Å²) in [5.74, 6) is 0.884. The molecule has 0 bridgehead atoms. The van der Waals surface area contributed by atoms with Crippen LogP contribution in [0.1, 0.15) is 52.4 Å². The standard InChI is InChI=1S/C10H20N4/c1-5-6-10(4,11)9-13-12-7-14(9)8(2)3/h7-8H,5-6,11H2,1-4H3. The van der Waals surface area contributed by atoms with Crippen molar-refractivity contribution in [3.63, 3.8) is 0 Å². The van der Waals surface area contributed by atoms with Gasteiger partial charge in [-0.15, -0.1) is 10.2 Å². The van der Waals surface area contributed by atoms with Crippen molar-refractivity contribution < 1.29 is 0 Å². The molecular formula is C10H20N4. The van der Waals surface area contributed by atoms with Gasteiger partial charge in [0.25, 0.3) is 0 Å². The molecule has 1 atom stereocenters. The van der Waals surface area contributed by atoms with Crippen LogP contribution in [0.3, 0.4) is 0 Å². The van der Waals surface area contributed by atoms with Gasteiger partial charge in [-0.3, -0.25) is 0 Å². The van der Waals surface area contributed by atoms with Gasteiger partial charge in [0.1, 0.15) is 6.33 Å². The van der Waals surface area contributed by atoms with Crippen molar-refractivity contribution in [3.05, 3.63) is 12.2 Å². The average molecular weight is 196 g/mol. The SMILES string of the molecule is CCCC(C)(N)c1nncn1C(C)C. The van der Waals surface area contributed by atoms with Gasteiger partial charge in [0.2, 0.25) is 0 Å². The lowest BCUT2D eigenvalue weighted by Crippen LogP contribution is -2.36. The van der Waals surface area contributed by atoms with E-state index in [0.29, 0.717) is 6.04 Å². The first-order valence-electron chi connectivity index (χ1n) is 5.18. The van der Waals surface area contributed by atoms with Crippen molar-refractivity contribution in [3.8, 4) is 0 Å². The van der Waals surface area contributed by atoms with Crippen molar-refractivity contribution in [1.82, 2.24) is 14.8 Å². The maximum Gasteiger partial charge on any atom is 0.152 e. The van der Waals surface area contributed by atoms with E-state index in [0.717, 1.165) is 18.7 Å². The van der Waals surface area contributed by atoms with E-state index in [-0.39, 0.29) is 5.54 Å². The van der Waals surface area contributed by atoms with E-state index in [1.54, 1.807) is 6.33 Å². The summed E-state index contributed by atoms with van der Waals surface area (Å²) >= 11 is 0. The van der Waals surface area contributed by atoms with E-state index in [1.807, 2.05) is 11.5 Å². The average Bonchev–Trinajstić information content (AvgIpc) is 2.51. The summed E-state index contributed by atoms with van der Waals surface area (Å²) in [6.07, 6.45) is 3.73. The van der Waals surface area contributed by atoms with Crippen LogP contribution in [0.25, 0.3) is 0 Å². The molecule has 1 aromatic heterocycles. The van der Waals surface area contributed by atoms with Gasteiger partial charge < -0.3 is 10.3 Å². The summed E-state index contributed by atoms with van der Waals surface area (Å²) < 4.78 is 2.04. The van der Waals surface area contributed by atoms with Crippen LogP contribution < -0.4 is 5.73 Å². The second kappa shape index (κ2) is 4.09. The monoisotopic (exact) mass is 196 g/mol. The number of hydrogen-bond donors (Lipinski definition) is 1. The molecule has 14 heavy (non-hydrogen) atoms. The van der Waals surface area contributed by atoms with Gasteiger partial charge >= 0.3 is 0 Å². The number of nitrogens with two attached hydrogens (primary N) is 1. The Morgan fingerprint density at radius 2 is 2.21 bits per heavy atom. The summed E-state index contributed by atoms with van der Waals surface area (Å²) in [5, 5.41) is 8.04. The summed E-state index contributed by atoms with van der Waals surface area (Å²) in [6.45, 7) is 8.35. The molecule has 2 N–H and O–H groups in total. The smallest absolute Gasteiger partial charge is 0.152 e. The normalized spacial score (nSPS) is 15.9. The molecule has 0 aliphatic carbocycles. The first-order chi connectivity index (χ1) is 6.49. The Morgan fingerprint density at radius 3 is 2.71 bits per heavy atom. The van der Waals surface area contributed by atoms with Crippen LogP contribution in [0.15, 0.2) is 6.33 Å². The molecule has 0 saturated heterocycles. The molecule has 1 aromatic rings. The van der Waals surface area contributed by atoms with Crippen LogP contribution in [-0.4, -0.2) is 14.8 Å². The van der Waals surface area contributed by atoms with Crippen LogP contribution in [0.5, 0.6) is 0 Å². The van der Waals surface area contributed by atoms with Gasteiger partial charge in [0.05, 0.1) is 5.54 Å². The highest BCUT2D eigenvalue weighted by Gasteiger charge is 2.26. The predicted octanol–water partition coefficient (Wildman–Crippen LogP) is 1.83. The predicted molar refractivity (Wildman–Crippen MR) is 56.9 cm³/mol. The first kappa shape index (κ1) is 11.2. The molecule has 0 aliphatic rings. The van der Waals surface area contributed by atoms with Gasteiger partial charge in [-0.2, -0.15) is 0 Å². The lowest BCUT2D eigenvalue weighted by molar-refractivity contribution is 0.386. The zero-order chi connectivity index (χ0) is 10.8. The molecule has 0 spiro atoms. The van der Waals surface area contributed by atoms with Gasteiger partial charge in [0.15, 0.2) is 5.82 Å². The maximum atomic E-state index is 6.21. The Labute approximate surface area is 85.5 Å². The number of hydrogen-bond acceptors (Lipinski definition) is 3. The van der Waals surface area contributed by atoms with E-state index in [9.17, 15) is 0 Å². The molecule has 0 fully saturated rings. The highest BCUT2D eigenvalue weighted by Crippen LogP contribution is 2.22. The Balaban J connectivity index is 2.99. The van der Waals surface area contributed by atoms with E-state index in [1.165, 1.54) is 0 Å². The van der Waals surface area contributed by atoms with Crippen molar-refractivity contribution in [2.45, 2.75) is 52.1 Å². The van der Waals surface area contributed by atoms with Crippen LogP contribution in [0, 0.1) is 0 Å². The fraction of sp³-hybridized carbons (Fsp3) is 0.800. The molecule has 0 aromatic carbocycles. The second-order valence-corrected chi connectivity index (χ2v) is 4.32. The minimum atomic E-state index is -0.366. The molecule has 80 valence electrons. The van der Waals surface area contributed by atoms with Gasteiger partial charge in [-0.05, 0) is 27.2 Å². The summed E-state index contributed by atoms with van der Waals surface area (Å²) in [6, 6.07) is 0.361. The van der Waals surface area contributed by atoms with E-state index in [2.05, 4.69) is 31.0 Å². The van der Waals surface area contributed by atoms with Crippen LogP contribution >= 0.6 is 0 Å².